The van der Waals surface area contributed by atoms with E-state index in [0.717, 1.165) is 36.5 Å². The molecule has 1 heterocycles. The van der Waals surface area contributed by atoms with Crippen LogP contribution in [0.15, 0.2) is 18.2 Å². The molecule has 2 rings (SSSR count). The van der Waals surface area contributed by atoms with Crippen LogP contribution in [0.25, 0.3) is 0 Å². The Morgan fingerprint density at radius 1 is 1.32 bits per heavy atom. The molecule has 1 fully saturated rings. The van der Waals surface area contributed by atoms with Gasteiger partial charge in [-0.25, -0.2) is 0 Å². The molecule has 1 saturated heterocycles. The lowest BCUT2D eigenvalue weighted by Crippen LogP contribution is -2.26. The van der Waals surface area contributed by atoms with E-state index in [-0.39, 0.29) is 6.10 Å². The average Bonchev–Trinajstić information content (AvgIpc) is 2.47. The van der Waals surface area contributed by atoms with Crippen LogP contribution in [0.5, 0.6) is 11.5 Å². The van der Waals surface area contributed by atoms with Crippen LogP contribution < -0.4 is 15.2 Å². The minimum atomic E-state index is 0.189. The van der Waals surface area contributed by atoms with Gasteiger partial charge in [-0.3, -0.25) is 0 Å². The Balaban J connectivity index is 2.03. The van der Waals surface area contributed by atoms with Gasteiger partial charge in [0.2, 0.25) is 0 Å². The molecule has 0 radical (unpaired) electrons. The molecule has 106 valence electrons. The lowest BCUT2D eigenvalue weighted by molar-refractivity contribution is -0.0117. The predicted octanol–water partition coefficient (Wildman–Crippen LogP) is 2.49. The number of benzene rings is 1. The van der Waals surface area contributed by atoms with E-state index in [0.29, 0.717) is 19.8 Å². The smallest absolute Gasteiger partial charge is 0.165 e. The Morgan fingerprint density at radius 3 is 2.89 bits per heavy atom. The second-order valence-corrected chi connectivity index (χ2v) is 4.68. The molecule has 0 bridgehead atoms. The fourth-order valence-electron chi connectivity index (χ4n) is 2.27. The van der Waals surface area contributed by atoms with Crippen LogP contribution in [0.2, 0.25) is 0 Å². The first kappa shape index (κ1) is 14.2. The first-order valence-electron chi connectivity index (χ1n) is 7.04. The van der Waals surface area contributed by atoms with Crippen molar-refractivity contribution in [1.82, 2.24) is 0 Å². The highest BCUT2D eigenvalue weighted by atomic mass is 16.5. The van der Waals surface area contributed by atoms with Gasteiger partial charge in [0.15, 0.2) is 11.5 Å². The van der Waals surface area contributed by atoms with Gasteiger partial charge in [-0.1, -0.05) is 12.1 Å². The summed E-state index contributed by atoms with van der Waals surface area (Å²) in [7, 11) is 0. The second kappa shape index (κ2) is 7.36. The molecule has 0 amide bonds. The van der Waals surface area contributed by atoms with Crippen molar-refractivity contribution < 1.29 is 14.2 Å². The maximum atomic E-state index is 5.92. The van der Waals surface area contributed by atoms with E-state index in [4.69, 9.17) is 19.9 Å². The summed E-state index contributed by atoms with van der Waals surface area (Å²) in [4.78, 5) is 0. The predicted molar refractivity (Wildman–Crippen MR) is 74.6 cm³/mol. The highest BCUT2D eigenvalue weighted by molar-refractivity contribution is 5.46. The van der Waals surface area contributed by atoms with Crippen molar-refractivity contribution in [2.24, 2.45) is 5.73 Å². The van der Waals surface area contributed by atoms with E-state index in [1.165, 1.54) is 6.42 Å². The lowest BCUT2D eigenvalue weighted by atomic mass is 10.1. The average molecular weight is 265 g/mol. The van der Waals surface area contributed by atoms with Crippen molar-refractivity contribution in [2.45, 2.75) is 38.8 Å². The van der Waals surface area contributed by atoms with Crippen LogP contribution in [0.4, 0.5) is 0 Å². The fourth-order valence-corrected chi connectivity index (χ4v) is 2.27. The second-order valence-electron chi connectivity index (χ2n) is 4.68. The summed E-state index contributed by atoms with van der Waals surface area (Å²) in [6.45, 7) is 4.43. The molecule has 0 aromatic heterocycles. The molecule has 4 heteroatoms. The lowest BCUT2D eigenvalue weighted by Gasteiger charge is -2.24. The topological polar surface area (TPSA) is 53.7 Å². The molecule has 0 saturated carbocycles. The molecular weight excluding hydrogens is 242 g/mol. The minimum absolute atomic E-state index is 0.189. The number of rotatable bonds is 6. The monoisotopic (exact) mass is 265 g/mol. The van der Waals surface area contributed by atoms with Crippen LogP contribution in [0, 0.1) is 0 Å². The van der Waals surface area contributed by atoms with Crippen molar-refractivity contribution in [2.75, 3.05) is 19.8 Å². The van der Waals surface area contributed by atoms with Crippen molar-refractivity contribution >= 4 is 0 Å². The maximum Gasteiger partial charge on any atom is 0.165 e. The third-order valence-electron chi connectivity index (χ3n) is 3.27. The van der Waals surface area contributed by atoms with Crippen molar-refractivity contribution in [3.8, 4) is 11.5 Å². The summed E-state index contributed by atoms with van der Waals surface area (Å²) in [5, 5.41) is 0. The van der Waals surface area contributed by atoms with Gasteiger partial charge in [0, 0.05) is 18.7 Å². The van der Waals surface area contributed by atoms with E-state index < -0.39 is 0 Å². The zero-order valence-electron chi connectivity index (χ0n) is 11.6. The molecular formula is C15H23NO3. The van der Waals surface area contributed by atoms with Gasteiger partial charge in [0.25, 0.3) is 0 Å². The van der Waals surface area contributed by atoms with E-state index >= 15 is 0 Å². The molecule has 1 atom stereocenters. The molecule has 0 aliphatic carbocycles. The van der Waals surface area contributed by atoms with Crippen LogP contribution in [-0.2, 0) is 11.3 Å². The standard InChI is InChI=1S/C15H23NO3/c1-2-17-14-8-5-6-12(10-16)15(14)19-11-13-7-3-4-9-18-13/h5-6,8,13H,2-4,7,9-11,16H2,1H3. The molecule has 4 nitrogen and oxygen atoms in total. The third-order valence-corrected chi connectivity index (χ3v) is 3.27. The minimum Gasteiger partial charge on any atom is -0.490 e. The number of nitrogens with two attached hydrogens (primary N) is 1. The SMILES string of the molecule is CCOc1cccc(CN)c1OCC1CCCCO1. The number of hydrogen-bond acceptors (Lipinski definition) is 4. The molecule has 2 N–H and O–H groups in total. The first-order chi connectivity index (χ1) is 9.35. The van der Waals surface area contributed by atoms with E-state index in [2.05, 4.69) is 0 Å². The van der Waals surface area contributed by atoms with Gasteiger partial charge in [-0.15, -0.1) is 0 Å². The molecule has 1 unspecified atom stereocenters. The summed E-state index contributed by atoms with van der Waals surface area (Å²) in [6, 6.07) is 5.83. The van der Waals surface area contributed by atoms with Crippen LogP contribution in [0.3, 0.4) is 0 Å². The molecule has 0 spiro atoms. The Kier molecular flexibility index (Phi) is 5.48. The summed E-state index contributed by atoms with van der Waals surface area (Å²) >= 11 is 0. The molecule has 1 aromatic carbocycles. The van der Waals surface area contributed by atoms with Gasteiger partial charge in [0.05, 0.1) is 12.7 Å². The number of hydrogen-bond donors (Lipinski definition) is 1. The van der Waals surface area contributed by atoms with Crippen LogP contribution >= 0.6 is 0 Å². The largest absolute Gasteiger partial charge is 0.490 e. The maximum absolute atomic E-state index is 5.92. The Labute approximate surface area is 114 Å². The highest BCUT2D eigenvalue weighted by Gasteiger charge is 2.17. The van der Waals surface area contributed by atoms with E-state index in [9.17, 15) is 0 Å². The van der Waals surface area contributed by atoms with Gasteiger partial charge in [-0.2, -0.15) is 0 Å². The normalized spacial score (nSPS) is 19.2. The van der Waals surface area contributed by atoms with Crippen molar-refractivity contribution in [3.63, 3.8) is 0 Å². The quantitative estimate of drug-likeness (QED) is 0.858. The van der Waals surface area contributed by atoms with Gasteiger partial charge in [0.1, 0.15) is 6.61 Å². The third kappa shape index (κ3) is 3.85. The molecule has 1 aliphatic heterocycles. The summed E-state index contributed by atoms with van der Waals surface area (Å²) in [5.74, 6) is 1.53. The fraction of sp³-hybridized carbons (Fsp3) is 0.600. The van der Waals surface area contributed by atoms with E-state index in [1.54, 1.807) is 0 Å². The Morgan fingerprint density at radius 2 is 2.21 bits per heavy atom. The van der Waals surface area contributed by atoms with Gasteiger partial charge >= 0.3 is 0 Å². The van der Waals surface area contributed by atoms with Gasteiger partial charge < -0.3 is 19.9 Å². The Bertz CT molecular complexity index is 389. The van der Waals surface area contributed by atoms with Crippen molar-refractivity contribution in [3.05, 3.63) is 23.8 Å². The molecule has 19 heavy (non-hydrogen) atoms. The zero-order chi connectivity index (χ0) is 13.5. The summed E-state index contributed by atoms with van der Waals surface area (Å²) in [5.41, 5.74) is 6.73. The Hall–Kier alpha value is -1.26. The summed E-state index contributed by atoms with van der Waals surface area (Å²) < 4.78 is 17.2. The first-order valence-corrected chi connectivity index (χ1v) is 7.04. The molecule has 1 aliphatic rings. The van der Waals surface area contributed by atoms with E-state index in [1.807, 2.05) is 25.1 Å². The zero-order valence-corrected chi connectivity index (χ0v) is 11.6. The van der Waals surface area contributed by atoms with Crippen LogP contribution in [-0.4, -0.2) is 25.9 Å². The van der Waals surface area contributed by atoms with Crippen LogP contribution in [0.1, 0.15) is 31.7 Å². The van der Waals surface area contributed by atoms with Gasteiger partial charge in [-0.05, 0) is 32.3 Å². The van der Waals surface area contributed by atoms with Crippen molar-refractivity contribution in [1.29, 1.82) is 0 Å². The number of ether oxygens (including phenoxy) is 3. The molecule has 1 aromatic rings. The highest BCUT2D eigenvalue weighted by Crippen LogP contribution is 2.31. The summed E-state index contributed by atoms with van der Waals surface area (Å²) in [6.07, 6.45) is 3.62. The number of para-hydroxylation sites is 1.